The van der Waals surface area contributed by atoms with Gasteiger partial charge in [0.2, 0.25) is 0 Å². The smallest absolute Gasteiger partial charge is 0.0945 e. The van der Waals surface area contributed by atoms with Gasteiger partial charge in [-0.05, 0) is 44.6 Å². The Morgan fingerprint density at radius 1 is 1.50 bits per heavy atom. The fourth-order valence-corrected chi connectivity index (χ4v) is 2.80. The Morgan fingerprint density at radius 3 is 3.11 bits per heavy atom. The molecule has 0 unspecified atom stereocenters. The lowest BCUT2D eigenvalue weighted by atomic mass is 9.80. The molecule has 1 aromatic heterocycles. The number of nitrogens with zero attached hydrogens (tertiary/aromatic N) is 2. The van der Waals surface area contributed by atoms with Crippen LogP contribution in [0.3, 0.4) is 0 Å². The Bertz CT molecular complexity index is 367. The maximum absolute atomic E-state index is 4.05. The Balaban J connectivity index is 1.63. The third kappa shape index (κ3) is 3.70. The first kappa shape index (κ1) is 13.3. The fraction of sp³-hybridized carbons (Fsp3) is 0.667. The molecule has 0 radical (unpaired) electrons. The van der Waals surface area contributed by atoms with Crippen molar-refractivity contribution in [3.05, 3.63) is 30.4 Å². The molecule has 2 atom stereocenters. The Morgan fingerprint density at radius 2 is 2.39 bits per heavy atom. The van der Waals surface area contributed by atoms with Crippen LogP contribution >= 0.6 is 0 Å². The van der Waals surface area contributed by atoms with Gasteiger partial charge in [-0.1, -0.05) is 18.6 Å². The van der Waals surface area contributed by atoms with E-state index in [9.17, 15) is 0 Å². The zero-order valence-corrected chi connectivity index (χ0v) is 11.6. The van der Waals surface area contributed by atoms with Crippen LogP contribution in [0.4, 0.5) is 0 Å². The van der Waals surface area contributed by atoms with Gasteiger partial charge in [-0.2, -0.15) is 0 Å². The molecule has 0 amide bonds. The van der Waals surface area contributed by atoms with E-state index >= 15 is 0 Å². The molecule has 3 heteroatoms. The first-order valence-electron chi connectivity index (χ1n) is 7.10. The van der Waals surface area contributed by atoms with E-state index in [0.29, 0.717) is 0 Å². The lowest BCUT2D eigenvalue weighted by Crippen LogP contribution is -2.30. The molecule has 0 saturated heterocycles. The van der Waals surface area contributed by atoms with Crippen LogP contribution < -0.4 is 5.32 Å². The van der Waals surface area contributed by atoms with Crippen LogP contribution in [-0.4, -0.2) is 22.6 Å². The van der Waals surface area contributed by atoms with Crippen molar-refractivity contribution in [3.63, 3.8) is 0 Å². The summed E-state index contributed by atoms with van der Waals surface area (Å²) < 4.78 is 2.13. The van der Waals surface area contributed by atoms with Crippen molar-refractivity contribution in [2.24, 2.45) is 11.8 Å². The molecule has 0 bridgehead atoms. The van der Waals surface area contributed by atoms with E-state index in [1.807, 2.05) is 18.7 Å². The number of aryl methyl sites for hydroxylation is 1. The second kappa shape index (κ2) is 6.74. The van der Waals surface area contributed by atoms with E-state index < -0.39 is 0 Å². The molecule has 18 heavy (non-hydrogen) atoms. The molecule has 0 fully saturated rings. The van der Waals surface area contributed by atoms with Crippen molar-refractivity contribution in [2.45, 2.75) is 39.7 Å². The number of allylic oxidation sites excluding steroid dienone is 1. The van der Waals surface area contributed by atoms with Crippen LogP contribution in [0, 0.1) is 11.8 Å². The van der Waals surface area contributed by atoms with E-state index in [1.165, 1.54) is 19.3 Å². The molecule has 1 aliphatic rings. The number of aromatic nitrogens is 2. The summed E-state index contributed by atoms with van der Waals surface area (Å²) in [6.45, 7) is 7.95. The molecular weight excluding hydrogens is 222 g/mol. The van der Waals surface area contributed by atoms with Crippen molar-refractivity contribution in [1.29, 1.82) is 0 Å². The van der Waals surface area contributed by atoms with Gasteiger partial charge in [-0.25, -0.2) is 4.98 Å². The van der Waals surface area contributed by atoms with Gasteiger partial charge in [0, 0.05) is 25.5 Å². The lowest BCUT2D eigenvalue weighted by molar-refractivity contribution is 0.349. The van der Waals surface area contributed by atoms with Gasteiger partial charge in [0.05, 0.1) is 6.33 Å². The highest BCUT2D eigenvalue weighted by Crippen LogP contribution is 2.29. The molecule has 0 saturated carbocycles. The minimum atomic E-state index is 0.743. The van der Waals surface area contributed by atoms with Gasteiger partial charge in [0.1, 0.15) is 0 Å². The molecule has 0 spiro atoms. The van der Waals surface area contributed by atoms with Crippen LogP contribution in [0.15, 0.2) is 30.4 Å². The van der Waals surface area contributed by atoms with Crippen molar-refractivity contribution in [1.82, 2.24) is 14.9 Å². The molecule has 3 nitrogen and oxygen atoms in total. The van der Waals surface area contributed by atoms with Crippen LogP contribution in [-0.2, 0) is 6.54 Å². The van der Waals surface area contributed by atoms with Gasteiger partial charge in [-0.15, -0.1) is 0 Å². The number of imidazole rings is 1. The molecule has 0 aliphatic heterocycles. The molecule has 1 heterocycles. The number of rotatable bonds is 6. The minimum absolute atomic E-state index is 0.743. The van der Waals surface area contributed by atoms with Crippen molar-refractivity contribution < 1.29 is 0 Å². The first-order chi connectivity index (χ1) is 8.77. The summed E-state index contributed by atoms with van der Waals surface area (Å²) in [5.74, 6) is 1.57. The maximum atomic E-state index is 4.05. The van der Waals surface area contributed by atoms with Gasteiger partial charge in [0.15, 0.2) is 0 Å². The summed E-state index contributed by atoms with van der Waals surface area (Å²) in [5.41, 5.74) is 1.58. The molecule has 1 aliphatic carbocycles. The van der Waals surface area contributed by atoms with E-state index in [4.69, 9.17) is 0 Å². The lowest BCUT2D eigenvalue weighted by Gasteiger charge is -2.29. The number of hydrogen-bond donors (Lipinski definition) is 1. The third-order valence-electron chi connectivity index (χ3n) is 4.05. The van der Waals surface area contributed by atoms with Gasteiger partial charge in [-0.3, -0.25) is 0 Å². The fourth-order valence-electron chi connectivity index (χ4n) is 2.80. The second-order valence-corrected chi connectivity index (χ2v) is 5.47. The molecule has 0 aromatic carbocycles. The summed E-state index contributed by atoms with van der Waals surface area (Å²) in [6.07, 6.45) is 11.9. The van der Waals surface area contributed by atoms with Crippen LogP contribution in [0.2, 0.25) is 0 Å². The average molecular weight is 247 g/mol. The van der Waals surface area contributed by atoms with Gasteiger partial charge in [0.25, 0.3) is 0 Å². The van der Waals surface area contributed by atoms with E-state index in [-0.39, 0.29) is 0 Å². The SMILES string of the molecule is CC1=CCC[C@@H](C)[C@H]1CNCCCn1ccnc1. The summed E-state index contributed by atoms with van der Waals surface area (Å²) in [7, 11) is 0. The standard InChI is InChI=1S/C15H25N3/c1-13-5-3-6-14(2)15(13)11-16-7-4-9-18-10-8-17-12-18/h5,8,10,12,14-16H,3-4,6-7,9,11H2,1-2H3/t14-,15+/m1/s1. The van der Waals surface area contributed by atoms with Crippen molar-refractivity contribution in [3.8, 4) is 0 Å². The topological polar surface area (TPSA) is 29.9 Å². The normalized spacial score (nSPS) is 24.0. The van der Waals surface area contributed by atoms with Crippen LogP contribution in [0.1, 0.15) is 33.1 Å². The predicted octanol–water partition coefficient (Wildman–Crippen LogP) is 2.86. The number of nitrogens with one attached hydrogen (secondary N) is 1. The highest BCUT2D eigenvalue weighted by Gasteiger charge is 2.21. The highest BCUT2D eigenvalue weighted by molar-refractivity contribution is 5.09. The van der Waals surface area contributed by atoms with E-state index in [1.54, 1.807) is 5.57 Å². The Hall–Kier alpha value is -1.09. The molecular formula is C15H25N3. The minimum Gasteiger partial charge on any atom is -0.337 e. The zero-order valence-electron chi connectivity index (χ0n) is 11.6. The van der Waals surface area contributed by atoms with Crippen molar-refractivity contribution >= 4 is 0 Å². The first-order valence-corrected chi connectivity index (χ1v) is 7.10. The zero-order chi connectivity index (χ0) is 12.8. The largest absolute Gasteiger partial charge is 0.337 e. The summed E-state index contributed by atoms with van der Waals surface area (Å²) in [5, 5.41) is 3.60. The van der Waals surface area contributed by atoms with Crippen molar-refractivity contribution in [2.75, 3.05) is 13.1 Å². The Labute approximate surface area is 110 Å². The van der Waals surface area contributed by atoms with Gasteiger partial charge < -0.3 is 9.88 Å². The monoisotopic (exact) mass is 247 g/mol. The van der Waals surface area contributed by atoms with Gasteiger partial charge >= 0.3 is 0 Å². The summed E-state index contributed by atoms with van der Waals surface area (Å²) in [4.78, 5) is 4.05. The van der Waals surface area contributed by atoms with E-state index in [0.717, 1.165) is 31.5 Å². The second-order valence-electron chi connectivity index (χ2n) is 5.47. The maximum Gasteiger partial charge on any atom is 0.0945 e. The van der Waals surface area contributed by atoms with E-state index in [2.05, 4.69) is 34.8 Å². The summed E-state index contributed by atoms with van der Waals surface area (Å²) >= 11 is 0. The summed E-state index contributed by atoms with van der Waals surface area (Å²) in [6, 6.07) is 0. The molecule has 1 aromatic rings. The molecule has 100 valence electrons. The predicted molar refractivity (Wildman–Crippen MR) is 75.4 cm³/mol. The Kier molecular flexibility index (Phi) is 5.00. The third-order valence-corrected chi connectivity index (χ3v) is 4.05. The quantitative estimate of drug-likeness (QED) is 0.619. The number of hydrogen-bond acceptors (Lipinski definition) is 2. The molecule has 2 rings (SSSR count). The average Bonchev–Trinajstić information content (AvgIpc) is 2.85. The van der Waals surface area contributed by atoms with Crippen LogP contribution in [0.25, 0.3) is 0 Å². The molecule has 1 N–H and O–H groups in total. The van der Waals surface area contributed by atoms with Crippen LogP contribution in [0.5, 0.6) is 0 Å². The highest BCUT2D eigenvalue weighted by atomic mass is 15.0.